The molecule has 5 heteroatoms. The number of para-hydroxylation sites is 2. The highest BCUT2D eigenvalue weighted by Gasteiger charge is 2.15. The maximum Gasteiger partial charge on any atom is 0.266 e. The van der Waals surface area contributed by atoms with E-state index in [2.05, 4.69) is 9.97 Å². The van der Waals surface area contributed by atoms with E-state index in [0.717, 1.165) is 16.6 Å². The van der Waals surface area contributed by atoms with Gasteiger partial charge in [0.15, 0.2) is 0 Å². The minimum Gasteiger partial charge on any atom is -0.368 e. The van der Waals surface area contributed by atoms with Crippen molar-refractivity contribution in [1.29, 1.82) is 0 Å². The summed E-state index contributed by atoms with van der Waals surface area (Å²) in [6, 6.07) is 17.3. The molecule has 112 valence electrons. The number of hydrogen-bond donors (Lipinski definition) is 1. The third kappa shape index (κ3) is 1.97. The Balaban J connectivity index is 2.31. The lowest BCUT2D eigenvalue weighted by Crippen LogP contribution is -2.21. The second-order valence-corrected chi connectivity index (χ2v) is 5.38. The lowest BCUT2D eigenvalue weighted by molar-refractivity contribution is 1.05. The van der Waals surface area contributed by atoms with Gasteiger partial charge in [-0.2, -0.15) is 0 Å². The zero-order chi connectivity index (χ0) is 16.0. The van der Waals surface area contributed by atoms with E-state index >= 15 is 0 Å². The van der Waals surface area contributed by atoms with Crippen molar-refractivity contribution in [2.75, 3.05) is 5.73 Å². The van der Waals surface area contributed by atoms with Crippen LogP contribution in [0.5, 0.6) is 0 Å². The molecule has 0 spiro atoms. The Labute approximate surface area is 132 Å². The normalized spacial score (nSPS) is 11.2. The Bertz CT molecular complexity index is 1100. The molecule has 4 aromatic rings. The molecule has 2 aromatic carbocycles. The van der Waals surface area contributed by atoms with Gasteiger partial charge in [-0.05, 0) is 25.1 Å². The van der Waals surface area contributed by atoms with E-state index in [1.807, 2.05) is 54.6 Å². The number of hydrogen-bond acceptors (Lipinski definition) is 4. The molecule has 2 heterocycles. The molecule has 0 unspecified atom stereocenters. The van der Waals surface area contributed by atoms with Gasteiger partial charge in [-0.25, -0.2) is 9.97 Å². The molecule has 0 radical (unpaired) electrons. The van der Waals surface area contributed by atoms with E-state index in [1.165, 1.54) is 0 Å². The molecule has 23 heavy (non-hydrogen) atoms. The number of aromatic nitrogens is 3. The largest absolute Gasteiger partial charge is 0.368 e. The van der Waals surface area contributed by atoms with Crippen molar-refractivity contribution in [2.24, 2.45) is 0 Å². The average molecular weight is 302 g/mol. The van der Waals surface area contributed by atoms with Crippen molar-refractivity contribution < 1.29 is 0 Å². The van der Waals surface area contributed by atoms with Gasteiger partial charge in [-0.1, -0.05) is 36.4 Å². The first kappa shape index (κ1) is 13.5. The van der Waals surface area contributed by atoms with Crippen molar-refractivity contribution in [3.05, 3.63) is 70.6 Å². The van der Waals surface area contributed by atoms with E-state index in [9.17, 15) is 4.79 Å². The summed E-state index contributed by atoms with van der Waals surface area (Å²) in [7, 11) is 0. The van der Waals surface area contributed by atoms with E-state index in [-0.39, 0.29) is 11.5 Å². The molecule has 2 N–H and O–H groups in total. The van der Waals surface area contributed by atoms with Crippen molar-refractivity contribution in [3.63, 3.8) is 0 Å². The summed E-state index contributed by atoms with van der Waals surface area (Å²) in [6.45, 7) is 1.78. The molecule has 0 bridgehead atoms. The van der Waals surface area contributed by atoms with Gasteiger partial charge >= 0.3 is 0 Å². The van der Waals surface area contributed by atoms with Gasteiger partial charge in [0, 0.05) is 11.1 Å². The molecule has 0 atom stereocenters. The fraction of sp³-hybridized carbons (Fsp3) is 0.0556. The van der Waals surface area contributed by atoms with Crippen molar-refractivity contribution in [1.82, 2.24) is 14.5 Å². The highest BCUT2D eigenvalue weighted by molar-refractivity contribution is 6.04. The quantitative estimate of drug-likeness (QED) is 0.549. The number of nitrogens with two attached hydrogens (primary N) is 1. The van der Waals surface area contributed by atoms with Crippen LogP contribution in [0.15, 0.2) is 59.4 Å². The third-order valence-corrected chi connectivity index (χ3v) is 3.94. The third-order valence-electron chi connectivity index (χ3n) is 3.94. The molecule has 0 aliphatic rings. The predicted octanol–water partition coefficient (Wildman–Crippen LogP) is 2.82. The zero-order valence-electron chi connectivity index (χ0n) is 12.5. The summed E-state index contributed by atoms with van der Waals surface area (Å²) < 4.78 is 1.70. The van der Waals surface area contributed by atoms with Gasteiger partial charge in [-0.15, -0.1) is 0 Å². The summed E-state index contributed by atoms with van der Waals surface area (Å²) in [5, 5.41) is 1.38. The second kappa shape index (κ2) is 4.91. The van der Waals surface area contributed by atoms with E-state index in [0.29, 0.717) is 16.6 Å². The Morgan fingerprint density at radius 3 is 2.43 bits per heavy atom. The molecule has 4 rings (SSSR count). The SMILES string of the molecule is Cc1nc(N)nc2c1c(=O)n(-c1ccccc1)c1ccccc21. The first-order chi connectivity index (χ1) is 11.2. The summed E-state index contributed by atoms with van der Waals surface area (Å²) in [5.41, 5.74) is 8.45. The summed E-state index contributed by atoms with van der Waals surface area (Å²) in [4.78, 5) is 21.6. The minimum atomic E-state index is -0.137. The van der Waals surface area contributed by atoms with Gasteiger partial charge in [0.2, 0.25) is 5.95 Å². The number of anilines is 1. The lowest BCUT2D eigenvalue weighted by Gasteiger charge is -2.13. The first-order valence-electron chi connectivity index (χ1n) is 7.30. The van der Waals surface area contributed by atoms with Crippen LogP contribution in [0.1, 0.15) is 5.69 Å². The monoisotopic (exact) mass is 302 g/mol. The van der Waals surface area contributed by atoms with Gasteiger partial charge in [0.05, 0.1) is 22.1 Å². The Hall–Kier alpha value is -3.21. The number of nitrogen functional groups attached to an aromatic ring is 1. The molecule has 0 saturated carbocycles. The number of fused-ring (bicyclic) bond motifs is 3. The standard InChI is InChI=1S/C18H14N4O/c1-11-15-16(21-18(19)20-11)13-9-5-6-10-14(13)22(17(15)23)12-7-3-2-4-8-12/h2-10H,1H3,(H2,19,20,21). The highest BCUT2D eigenvalue weighted by Crippen LogP contribution is 2.25. The van der Waals surface area contributed by atoms with E-state index in [4.69, 9.17) is 5.73 Å². The Kier molecular flexibility index (Phi) is 2.87. The van der Waals surface area contributed by atoms with E-state index < -0.39 is 0 Å². The fourth-order valence-electron chi connectivity index (χ4n) is 2.97. The average Bonchev–Trinajstić information content (AvgIpc) is 2.55. The van der Waals surface area contributed by atoms with Crippen LogP contribution in [0.4, 0.5) is 5.95 Å². The molecule has 0 amide bonds. The summed E-state index contributed by atoms with van der Waals surface area (Å²) >= 11 is 0. The van der Waals surface area contributed by atoms with E-state index in [1.54, 1.807) is 11.5 Å². The topological polar surface area (TPSA) is 73.8 Å². The molecule has 0 saturated heterocycles. The number of rotatable bonds is 1. The second-order valence-electron chi connectivity index (χ2n) is 5.38. The summed E-state index contributed by atoms with van der Waals surface area (Å²) in [5.74, 6) is 0.178. The Morgan fingerprint density at radius 2 is 1.65 bits per heavy atom. The van der Waals surface area contributed by atoms with Crippen LogP contribution >= 0.6 is 0 Å². The van der Waals surface area contributed by atoms with Gasteiger partial charge in [0.1, 0.15) is 0 Å². The number of nitrogens with zero attached hydrogens (tertiary/aromatic N) is 3. The van der Waals surface area contributed by atoms with Crippen molar-refractivity contribution in [2.45, 2.75) is 6.92 Å². The maximum atomic E-state index is 13.1. The highest BCUT2D eigenvalue weighted by atomic mass is 16.1. The number of aryl methyl sites for hydroxylation is 1. The number of pyridine rings is 1. The fourth-order valence-corrected chi connectivity index (χ4v) is 2.97. The minimum absolute atomic E-state index is 0.137. The first-order valence-corrected chi connectivity index (χ1v) is 7.30. The predicted molar refractivity (Wildman–Crippen MR) is 91.8 cm³/mol. The molecule has 0 aliphatic heterocycles. The van der Waals surface area contributed by atoms with Crippen LogP contribution in [0.25, 0.3) is 27.5 Å². The van der Waals surface area contributed by atoms with Crippen LogP contribution in [0.2, 0.25) is 0 Å². The van der Waals surface area contributed by atoms with Gasteiger partial charge < -0.3 is 5.73 Å². The Morgan fingerprint density at radius 1 is 0.957 bits per heavy atom. The molecular weight excluding hydrogens is 288 g/mol. The maximum absolute atomic E-state index is 13.1. The van der Waals surface area contributed by atoms with Crippen molar-refractivity contribution >= 4 is 27.8 Å². The molecule has 0 aliphatic carbocycles. The van der Waals surface area contributed by atoms with Crippen LogP contribution in [-0.4, -0.2) is 14.5 Å². The van der Waals surface area contributed by atoms with Gasteiger partial charge in [-0.3, -0.25) is 9.36 Å². The summed E-state index contributed by atoms with van der Waals surface area (Å²) in [6.07, 6.45) is 0. The lowest BCUT2D eigenvalue weighted by atomic mass is 10.1. The van der Waals surface area contributed by atoms with Crippen LogP contribution in [0.3, 0.4) is 0 Å². The molecule has 2 aromatic heterocycles. The molecule has 5 nitrogen and oxygen atoms in total. The smallest absolute Gasteiger partial charge is 0.266 e. The van der Waals surface area contributed by atoms with Crippen molar-refractivity contribution in [3.8, 4) is 5.69 Å². The number of benzene rings is 2. The molecular formula is C18H14N4O. The zero-order valence-corrected chi connectivity index (χ0v) is 12.5. The molecule has 0 fully saturated rings. The van der Waals surface area contributed by atoms with Gasteiger partial charge in [0.25, 0.3) is 5.56 Å². The van der Waals surface area contributed by atoms with Crippen LogP contribution < -0.4 is 11.3 Å². The van der Waals surface area contributed by atoms with Crippen LogP contribution in [-0.2, 0) is 0 Å². The van der Waals surface area contributed by atoms with Crippen LogP contribution in [0, 0.1) is 6.92 Å².